The van der Waals surface area contributed by atoms with Crippen molar-refractivity contribution >= 4 is 11.8 Å². The SMILES string of the molecule is CCCCCCCC/C=C\CCCCCCCC(=O)OOc1ccc2c(c1)CC[C@@H]1[C@@H]2CC[C@]2(C)C(=O)CC[C@@H]12. The summed E-state index contributed by atoms with van der Waals surface area (Å²) in [7, 11) is 0. The molecule has 0 aromatic heterocycles. The van der Waals surface area contributed by atoms with Crippen molar-refractivity contribution in [1.82, 2.24) is 0 Å². The first kappa shape index (κ1) is 30.8. The van der Waals surface area contributed by atoms with E-state index in [2.05, 4.69) is 38.1 Å². The number of carbonyl (C=O) groups is 2. The van der Waals surface area contributed by atoms with Gasteiger partial charge in [0.25, 0.3) is 0 Å². The second kappa shape index (κ2) is 15.8. The topological polar surface area (TPSA) is 52.6 Å². The minimum absolute atomic E-state index is 0.0834. The average Bonchev–Trinajstić information content (AvgIpc) is 3.27. The Kier molecular flexibility index (Phi) is 12.2. The molecule has 4 heteroatoms. The lowest BCUT2D eigenvalue weighted by molar-refractivity contribution is -0.213. The maximum absolute atomic E-state index is 12.6. The number of carbonyl (C=O) groups excluding carboxylic acids is 2. The largest absolute Gasteiger partial charge is 0.355 e. The standard InChI is InChI=1S/C36H54O4/c1-3-4-5-6-7-8-9-10-11-12-13-14-15-16-17-18-35(38)40-39-29-20-22-30-28(27-29)19-21-32-31(30)25-26-36(2)33(32)23-24-34(36)37/h10-11,20,22,27,31-33H,3-9,12-19,21,23-26H2,1-2H3/b11-10-/t31-,32-,33+,36+/m1/s1. The van der Waals surface area contributed by atoms with Crippen LogP contribution in [0.2, 0.25) is 0 Å². The van der Waals surface area contributed by atoms with E-state index in [1.165, 1.54) is 81.8 Å². The van der Waals surface area contributed by atoms with Crippen LogP contribution in [-0.2, 0) is 20.9 Å². The van der Waals surface area contributed by atoms with Gasteiger partial charge in [-0.05, 0) is 105 Å². The van der Waals surface area contributed by atoms with Gasteiger partial charge in [0, 0.05) is 11.8 Å². The quantitative estimate of drug-likeness (QED) is 0.0838. The number of aryl methyl sites for hydroxylation is 1. The molecule has 0 unspecified atom stereocenters. The molecule has 0 radical (unpaired) electrons. The van der Waals surface area contributed by atoms with Crippen LogP contribution < -0.4 is 4.89 Å². The van der Waals surface area contributed by atoms with Crippen molar-refractivity contribution in [3.05, 3.63) is 41.5 Å². The molecule has 0 bridgehead atoms. The number of rotatable bonds is 17. The van der Waals surface area contributed by atoms with Gasteiger partial charge in [-0.15, -0.1) is 0 Å². The van der Waals surface area contributed by atoms with E-state index in [1.807, 2.05) is 6.07 Å². The Hall–Kier alpha value is -2.10. The van der Waals surface area contributed by atoms with Crippen LogP contribution >= 0.6 is 0 Å². The van der Waals surface area contributed by atoms with Gasteiger partial charge in [0.05, 0.1) is 6.42 Å². The molecule has 3 aliphatic carbocycles. The fourth-order valence-corrected chi connectivity index (χ4v) is 7.86. The predicted molar refractivity (Wildman–Crippen MR) is 162 cm³/mol. The normalized spacial score (nSPS) is 25.4. The molecule has 0 aliphatic heterocycles. The van der Waals surface area contributed by atoms with Crippen LogP contribution in [0.4, 0.5) is 0 Å². The second-order valence-corrected chi connectivity index (χ2v) is 13.1. The number of Topliss-reactive ketones (excluding diaryl/α,β-unsaturated/α-hetero) is 1. The van der Waals surface area contributed by atoms with E-state index in [1.54, 1.807) is 0 Å². The zero-order chi connectivity index (χ0) is 28.2. The molecule has 222 valence electrons. The zero-order valence-corrected chi connectivity index (χ0v) is 25.4. The first-order valence-corrected chi connectivity index (χ1v) is 16.7. The van der Waals surface area contributed by atoms with Crippen LogP contribution in [-0.4, -0.2) is 11.8 Å². The number of hydrogen-bond acceptors (Lipinski definition) is 4. The van der Waals surface area contributed by atoms with Gasteiger partial charge in [0.2, 0.25) is 0 Å². The van der Waals surface area contributed by atoms with E-state index in [9.17, 15) is 9.59 Å². The van der Waals surface area contributed by atoms with Gasteiger partial charge in [0.15, 0.2) is 5.75 Å². The summed E-state index contributed by atoms with van der Waals surface area (Å²) in [5.74, 6) is 2.54. The maximum Gasteiger partial charge on any atom is 0.355 e. The summed E-state index contributed by atoms with van der Waals surface area (Å²) in [6, 6.07) is 6.19. The molecule has 1 aromatic carbocycles. The Morgan fingerprint density at radius 2 is 1.60 bits per heavy atom. The lowest BCUT2D eigenvalue weighted by Crippen LogP contribution is -2.42. The smallest absolute Gasteiger partial charge is 0.299 e. The summed E-state index contributed by atoms with van der Waals surface area (Å²) in [5, 5.41) is 0. The van der Waals surface area contributed by atoms with Crippen molar-refractivity contribution in [3.8, 4) is 5.75 Å². The van der Waals surface area contributed by atoms with Crippen molar-refractivity contribution in [3.63, 3.8) is 0 Å². The highest BCUT2D eigenvalue weighted by Gasteiger charge is 2.54. The summed E-state index contributed by atoms with van der Waals surface area (Å²) >= 11 is 0. The van der Waals surface area contributed by atoms with E-state index in [-0.39, 0.29) is 11.4 Å². The molecular weight excluding hydrogens is 496 g/mol. The summed E-state index contributed by atoms with van der Waals surface area (Å²) in [6.45, 7) is 4.49. The Morgan fingerprint density at radius 1 is 0.900 bits per heavy atom. The molecule has 0 amide bonds. The van der Waals surface area contributed by atoms with Crippen molar-refractivity contribution in [2.45, 2.75) is 148 Å². The minimum Gasteiger partial charge on any atom is -0.299 e. The highest BCUT2D eigenvalue weighted by atomic mass is 17.2. The van der Waals surface area contributed by atoms with Gasteiger partial charge in [-0.25, -0.2) is 4.79 Å². The molecule has 4 rings (SSSR count). The Labute approximate surface area is 243 Å². The van der Waals surface area contributed by atoms with E-state index in [0.717, 1.165) is 51.4 Å². The first-order valence-electron chi connectivity index (χ1n) is 16.7. The third kappa shape index (κ3) is 8.23. The third-order valence-electron chi connectivity index (χ3n) is 10.3. The van der Waals surface area contributed by atoms with Crippen molar-refractivity contribution in [2.75, 3.05) is 0 Å². The number of benzene rings is 1. The molecule has 40 heavy (non-hydrogen) atoms. The molecule has 0 saturated heterocycles. The van der Waals surface area contributed by atoms with Crippen LogP contribution in [0.1, 0.15) is 153 Å². The van der Waals surface area contributed by atoms with Gasteiger partial charge >= 0.3 is 5.97 Å². The fraction of sp³-hybridized carbons (Fsp3) is 0.722. The molecule has 0 spiro atoms. The van der Waals surface area contributed by atoms with Gasteiger partial charge in [-0.2, -0.15) is 0 Å². The van der Waals surface area contributed by atoms with Crippen molar-refractivity contribution < 1.29 is 19.4 Å². The van der Waals surface area contributed by atoms with Crippen LogP contribution in [0.3, 0.4) is 0 Å². The summed E-state index contributed by atoms with van der Waals surface area (Å²) in [5.41, 5.74) is 2.66. The van der Waals surface area contributed by atoms with Crippen LogP contribution in [0, 0.1) is 17.3 Å². The van der Waals surface area contributed by atoms with Crippen LogP contribution in [0.15, 0.2) is 30.4 Å². The lowest BCUT2D eigenvalue weighted by atomic mass is 9.55. The fourth-order valence-electron chi connectivity index (χ4n) is 7.86. The summed E-state index contributed by atoms with van der Waals surface area (Å²) in [4.78, 5) is 35.4. The van der Waals surface area contributed by atoms with E-state index in [4.69, 9.17) is 9.78 Å². The molecule has 4 nitrogen and oxygen atoms in total. The number of fused-ring (bicyclic) bond motifs is 5. The van der Waals surface area contributed by atoms with Gasteiger partial charge in [-0.1, -0.05) is 83.4 Å². The molecule has 4 atom stereocenters. The second-order valence-electron chi connectivity index (χ2n) is 13.1. The number of hydrogen-bond donors (Lipinski definition) is 0. The molecule has 2 saturated carbocycles. The molecule has 2 fully saturated rings. The minimum atomic E-state index is -0.284. The predicted octanol–water partition coefficient (Wildman–Crippen LogP) is 9.99. The Balaban J connectivity index is 1.05. The number of ketones is 1. The van der Waals surface area contributed by atoms with E-state index in [0.29, 0.717) is 35.7 Å². The van der Waals surface area contributed by atoms with Gasteiger partial charge in [0.1, 0.15) is 5.78 Å². The van der Waals surface area contributed by atoms with E-state index < -0.39 is 0 Å². The first-order chi connectivity index (χ1) is 19.5. The molecule has 0 heterocycles. The van der Waals surface area contributed by atoms with Gasteiger partial charge < -0.3 is 0 Å². The van der Waals surface area contributed by atoms with Crippen molar-refractivity contribution in [2.24, 2.45) is 17.3 Å². The lowest BCUT2D eigenvalue weighted by Gasteiger charge is -2.48. The van der Waals surface area contributed by atoms with Crippen LogP contribution in [0.5, 0.6) is 5.75 Å². The molecule has 1 aromatic rings. The maximum atomic E-state index is 12.6. The molecule has 0 N–H and O–H groups in total. The molecular formula is C36H54O4. The molecule has 3 aliphatic rings. The summed E-state index contributed by atoms with van der Waals surface area (Å²) < 4.78 is 0. The van der Waals surface area contributed by atoms with Crippen molar-refractivity contribution in [1.29, 1.82) is 0 Å². The summed E-state index contributed by atoms with van der Waals surface area (Å²) in [6.07, 6.45) is 27.4. The highest BCUT2D eigenvalue weighted by Crippen LogP contribution is 2.59. The average molecular weight is 551 g/mol. The monoisotopic (exact) mass is 550 g/mol. The Bertz CT molecular complexity index is 981. The number of unbranched alkanes of at least 4 members (excludes halogenated alkanes) is 11. The third-order valence-corrected chi connectivity index (χ3v) is 10.3. The highest BCUT2D eigenvalue weighted by molar-refractivity contribution is 5.87. The Morgan fingerprint density at radius 3 is 2.35 bits per heavy atom. The van der Waals surface area contributed by atoms with Crippen LogP contribution in [0.25, 0.3) is 0 Å². The number of allylic oxidation sites excluding steroid dienone is 2. The van der Waals surface area contributed by atoms with E-state index >= 15 is 0 Å². The zero-order valence-electron chi connectivity index (χ0n) is 25.4. The van der Waals surface area contributed by atoms with Gasteiger partial charge in [-0.3, -0.25) is 14.6 Å².